The van der Waals surface area contributed by atoms with E-state index in [1.54, 1.807) is 6.07 Å². The lowest BCUT2D eigenvalue weighted by molar-refractivity contribution is 0.102. The Morgan fingerprint density at radius 3 is 2.43 bits per heavy atom. The smallest absolute Gasteiger partial charge is 0.256 e. The molecule has 0 fully saturated rings. The number of nitrogens with one attached hydrogen (secondary N) is 1. The summed E-state index contributed by atoms with van der Waals surface area (Å²) in [6, 6.07) is 16.0. The predicted molar refractivity (Wildman–Crippen MR) is 89.2 cm³/mol. The van der Waals surface area contributed by atoms with E-state index in [0.29, 0.717) is 11.3 Å². The zero-order valence-electron chi connectivity index (χ0n) is 12.4. The molecule has 0 unspecified atom stereocenters. The Morgan fingerprint density at radius 1 is 1.00 bits per heavy atom. The Hall–Kier alpha value is -2.73. The number of benzene rings is 2. The number of fused-ring (bicyclic) bond motifs is 1. The number of carbonyl (C=O) groups excluding carboxylic acids is 1. The molecule has 0 atom stereocenters. The highest BCUT2D eigenvalue weighted by molar-refractivity contribution is 7.90. The molecule has 0 saturated heterocycles. The summed E-state index contributed by atoms with van der Waals surface area (Å²) in [5, 5.41) is 4.54. The Labute approximate surface area is 133 Å². The van der Waals surface area contributed by atoms with Gasteiger partial charge in [0, 0.05) is 11.8 Å². The third-order valence-corrected chi connectivity index (χ3v) is 4.41. The number of hydrogen-bond donors (Lipinski definition) is 1. The van der Waals surface area contributed by atoms with Crippen molar-refractivity contribution in [1.82, 2.24) is 4.98 Å². The number of anilines is 1. The lowest BCUT2D eigenvalue weighted by Crippen LogP contribution is -2.13. The van der Waals surface area contributed by atoms with Crippen molar-refractivity contribution in [3.8, 4) is 0 Å². The van der Waals surface area contributed by atoms with Crippen LogP contribution in [0.4, 0.5) is 5.69 Å². The average Bonchev–Trinajstić information content (AvgIpc) is 2.54. The number of pyridine rings is 1. The van der Waals surface area contributed by atoms with Gasteiger partial charge in [-0.1, -0.05) is 36.4 Å². The fourth-order valence-electron chi connectivity index (χ4n) is 2.30. The van der Waals surface area contributed by atoms with E-state index in [1.807, 2.05) is 36.4 Å². The van der Waals surface area contributed by atoms with Crippen LogP contribution < -0.4 is 5.32 Å². The van der Waals surface area contributed by atoms with Crippen LogP contribution in [-0.4, -0.2) is 25.6 Å². The van der Waals surface area contributed by atoms with Crippen molar-refractivity contribution >= 4 is 32.2 Å². The Morgan fingerprint density at radius 2 is 1.74 bits per heavy atom. The first kappa shape index (κ1) is 15.2. The summed E-state index contributed by atoms with van der Waals surface area (Å²) >= 11 is 0. The fourth-order valence-corrected chi connectivity index (χ4v) is 2.85. The van der Waals surface area contributed by atoms with Gasteiger partial charge in [-0.3, -0.25) is 4.79 Å². The zero-order chi connectivity index (χ0) is 16.4. The van der Waals surface area contributed by atoms with E-state index in [2.05, 4.69) is 10.3 Å². The van der Waals surface area contributed by atoms with Crippen LogP contribution in [0.3, 0.4) is 0 Å². The molecule has 1 aromatic heterocycles. The number of amides is 1. The van der Waals surface area contributed by atoms with E-state index < -0.39 is 9.84 Å². The van der Waals surface area contributed by atoms with Crippen molar-refractivity contribution < 1.29 is 13.2 Å². The van der Waals surface area contributed by atoms with Crippen molar-refractivity contribution in [3.05, 3.63) is 66.4 Å². The minimum atomic E-state index is -3.35. The molecule has 0 aliphatic carbocycles. The summed E-state index contributed by atoms with van der Waals surface area (Å²) < 4.78 is 22.8. The molecular weight excluding hydrogens is 312 g/mol. The molecule has 6 heteroatoms. The molecule has 0 saturated carbocycles. The van der Waals surface area contributed by atoms with Gasteiger partial charge in [-0.2, -0.15) is 0 Å². The Balaban J connectivity index is 1.89. The van der Waals surface area contributed by atoms with Gasteiger partial charge in [-0.15, -0.1) is 0 Å². The van der Waals surface area contributed by atoms with Crippen LogP contribution in [0.5, 0.6) is 0 Å². The van der Waals surface area contributed by atoms with Gasteiger partial charge in [0.05, 0.1) is 11.9 Å². The van der Waals surface area contributed by atoms with Crippen LogP contribution >= 0.6 is 0 Å². The fraction of sp³-hybridized carbons (Fsp3) is 0.0588. The Bertz CT molecular complexity index is 975. The predicted octanol–water partition coefficient (Wildman–Crippen LogP) is 2.89. The molecule has 1 N–H and O–H groups in total. The summed E-state index contributed by atoms with van der Waals surface area (Å²) in [4.78, 5) is 16.3. The second-order valence-corrected chi connectivity index (χ2v) is 7.10. The van der Waals surface area contributed by atoms with E-state index in [1.165, 1.54) is 18.3 Å². The van der Waals surface area contributed by atoms with E-state index in [9.17, 15) is 13.2 Å². The molecule has 0 bridgehead atoms. The minimum absolute atomic E-state index is 0.0272. The molecule has 0 radical (unpaired) electrons. The summed E-state index contributed by atoms with van der Waals surface area (Å²) in [6.07, 6.45) is 2.42. The maximum atomic E-state index is 12.5. The van der Waals surface area contributed by atoms with Crippen molar-refractivity contribution in [2.75, 3.05) is 11.6 Å². The lowest BCUT2D eigenvalue weighted by Gasteiger charge is -2.08. The maximum absolute atomic E-state index is 12.5. The number of rotatable bonds is 3. The third-order valence-electron chi connectivity index (χ3n) is 3.41. The molecule has 0 aliphatic heterocycles. The van der Waals surface area contributed by atoms with Crippen LogP contribution in [-0.2, 0) is 9.84 Å². The Kier molecular flexibility index (Phi) is 3.83. The molecule has 116 valence electrons. The number of hydrogen-bond acceptors (Lipinski definition) is 4. The molecule has 3 aromatic rings. The lowest BCUT2D eigenvalue weighted by atomic mass is 10.0. The van der Waals surface area contributed by atoms with Crippen LogP contribution in [0.1, 0.15) is 10.4 Å². The van der Waals surface area contributed by atoms with Crippen LogP contribution in [0.15, 0.2) is 65.8 Å². The van der Waals surface area contributed by atoms with Gasteiger partial charge >= 0.3 is 0 Å². The highest BCUT2D eigenvalue weighted by Gasteiger charge is 2.12. The van der Waals surface area contributed by atoms with Crippen molar-refractivity contribution in [3.63, 3.8) is 0 Å². The summed E-state index contributed by atoms with van der Waals surface area (Å²) in [5.41, 5.74) is 0.991. The highest BCUT2D eigenvalue weighted by atomic mass is 32.2. The highest BCUT2D eigenvalue weighted by Crippen LogP contribution is 2.20. The molecule has 5 nitrogen and oxygen atoms in total. The molecule has 2 aromatic carbocycles. The third kappa shape index (κ3) is 3.22. The van der Waals surface area contributed by atoms with E-state index >= 15 is 0 Å². The number of carbonyl (C=O) groups is 1. The van der Waals surface area contributed by atoms with Crippen molar-refractivity contribution in [2.45, 2.75) is 5.03 Å². The number of sulfone groups is 1. The van der Waals surface area contributed by atoms with Gasteiger partial charge in [0.2, 0.25) is 0 Å². The largest absolute Gasteiger partial charge is 0.321 e. The topological polar surface area (TPSA) is 76.1 Å². The molecule has 1 amide bonds. The maximum Gasteiger partial charge on any atom is 0.256 e. The standard InChI is InChI=1S/C17H14N2O3S/c1-23(21,22)16-10-9-13(11-18-16)19-17(20)15-8-4-6-12-5-2-3-7-14(12)15/h2-11H,1H3,(H,19,20). The van der Waals surface area contributed by atoms with Gasteiger partial charge in [-0.05, 0) is 29.0 Å². The minimum Gasteiger partial charge on any atom is -0.321 e. The quantitative estimate of drug-likeness (QED) is 0.803. The SMILES string of the molecule is CS(=O)(=O)c1ccc(NC(=O)c2cccc3ccccc23)cn1. The molecule has 23 heavy (non-hydrogen) atoms. The molecule has 3 rings (SSSR count). The first-order valence-electron chi connectivity index (χ1n) is 6.90. The van der Waals surface area contributed by atoms with Crippen LogP contribution in [0.25, 0.3) is 10.8 Å². The van der Waals surface area contributed by atoms with E-state index in [0.717, 1.165) is 17.0 Å². The van der Waals surface area contributed by atoms with Crippen LogP contribution in [0, 0.1) is 0 Å². The summed E-state index contributed by atoms with van der Waals surface area (Å²) in [6.45, 7) is 0. The number of aromatic nitrogens is 1. The van der Waals surface area contributed by atoms with E-state index in [-0.39, 0.29) is 10.9 Å². The second kappa shape index (κ2) is 5.81. The first-order valence-corrected chi connectivity index (χ1v) is 8.79. The van der Waals surface area contributed by atoms with Gasteiger partial charge in [-0.25, -0.2) is 13.4 Å². The number of nitrogens with zero attached hydrogens (tertiary/aromatic N) is 1. The molecule has 1 heterocycles. The molecular formula is C17H14N2O3S. The summed E-state index contributed by atoms with van der Waals surface area (Å²) in [5.74, 6) is -0.268. The van der Waals surface area contributed by atoms with Gasteiger partial charge in [0.15, 0.2) is 14.9 Å². The second-order valence-electron chi connectivity index (χ2n) is 5.14. The van der Waals surface area contributed by atoms with Gasteiger partial charge < -0.3 is 5.32 Å². The molecule has 0 aliphatic rings. The zero-order valence-corrected chi connectivity index (χ0v) is 13.2. The van der Waals surface area contributed by atoms with Gasteiger partial charge in [0.1, 0.15) is 0 Å². The normalized spacial score (nSPS) is 11.3. The van der Waals surface area contributed by atoms with E-state index in [4.69, 9.17) is 0 Å². The molecule has 0 spiro atoms. The van der Waals surface area contributed by atoms with Crippen LogP contribution in [0.2, 0.25) is 0 Å². The first-order chi connectivity index (χ1) is 10.9. The van der Waals surface area contributed by atoms with Crippen molar-refractivity contribution in [2.24, 2.45) is 0 Å². The monoisotopic (exact) mass is 326 g/mol. The van der Waals surface area contributed by atoms with Gasteiger partial charge in [0.25, 0.3) is 5.91 Å². The van der Waals surface area contributed by atoms with Crippen molar-refractivity contribution in [1.29, 1.82) is 0 Å². The average molecular weight is 326 g/mol. The summed E-state index contributed by atoms with van der Waals surface area (Å²) in [7, 11) is -3.35.